The van der Waals surface area contributed by atoms with Gasteiger partial charge in [0.15, 0.2) is 5.43 Å². The highest BCUT2D eigenvalue weighted by atomic mass is 16.5. The van der Waals surface area contributed by atoms with Crippen molar-refractivity contribution in [3.05, 3.63) is 67.4 Å². The van der Waals surface area contributed by atoms with Crippen LogP contribution in [0.5, 0.6) is 0 Å². The molecule has 1 fully saturated rings. The van der Waals surface area contributed by atoms with E-state index in [1.807, 2.05) is 39.0 Å². The molecule has 2 aliphatic rings. The van der Waals surface area contributed by atoms with E-state index in [-0.39, 0.29) is 23.2 Å². The van der Waals surface area contributed by atoms with E-state index in [0.717, 1.165) is 16.8 Å². The monoisotopic (exact) mass is 436 g/mol. The molecule has 1 saturated heterocycles. The Hall–Kier alpha value is -2.97. The van der Waals surface area contributed by atoms with Gasteiger partial charge >= 0.3 is 0 Å². The van der Waals surface area contributed by atoms with Crippen molar-refractivity contribution in [2.75, 3.05) is 24.5 Å². The maximum absolute atomic E-state index is 13.0. The van der Waals surface area contributed by atoms with E-state index in [1.54, 1.807) is 6.26 Å². The van der Waals surface area contributed by atoms with Crippen LogP contribution in [0.4, 0.5) is 5.95 Å². The number of fused-ring (bicyclic) bond motifs is 2. The molecule has 0 aliphatic carbocycles. The molecule has 2 atom stereocenters. The van der Waals surface area contributed by atoms with Gasteiger partial charge in [-0.05, 0) is 39.3 Å². The van der Waals surface area contributed by atoms with Gasteiger partial charge in [0.1, 0.15) is 5.58 Å². The van der Waals surface area contributed by atoms with Crippen LogP contribution >= 0.6 is 0 Å². The second-order valence-electron chi connectivity index (χ2n) is 9.03. The van der Waals surface area contributed by atoms with Crippen LogP contribution in [-0.2, 0) is 24.2 Å². The summed E-state index contributed by atoms with van der Waals surface area (Å²) in [5.41, 5.74) is 3.68. The number of benzene rings is 1. The number of morpholine rings is 1. The molecule has 5 rings (SSSR count). The summed E-state index contributed by atoms with van der Waals surface area (Å²) in [6.07, 6.45) is 2.31. The Labute approximate surface area is 185 Å². The fraction of sp³-hybridized carbons (Fsp3) is 0.458. The second kappa shape index (κ2) is 8.18. The van der Waals surface area contributed by atoms with Crippen LogP contribution in [0.1, 0.15) is 36.2 Å². The van der Waals surface area contributed by atoms with Crippen molar-refractivity contribution in [2.45, 2.75) is 52.5 Å². The largest absolute Gasteiger partial charge is 0.464 e. The van der Waals surface area contributed by atoms with Crippen molar-refractivity contribution in [3.63, 3.8) is 0 Å². The van der Waals surface area contributed by atoms with Gasteiger partial charge in [0, 0.05) is 43.9 Å². The number of aromatic amines is 1. The van der Waals surface area contributed by atoms with E-state index < -0.39 is 0 Å². The number of nitrogens with one attached hydrogen (secondary N) is 1. The zero-order valence-electron chi connectivity index (χ0n) is 18.7. The molecule has 4 heterocycles. The van der Waals surface area contributed by atoms with Crippen molar-refractivity contribution in [2.24, 2.45) is 0 Å². The van der Waals surface area contributed by atoms with Crippen molar-refractivity contribution in [3.8, 4) is 0 Å². The van der Waals surface area contributed by atoms with Crippen LogP contribution in [0, 0.1) is 6.92 Å². The molecule has 32 heavy (non-hydrogen) atoms. The van der Waals surface area contributed by atoms with Gasteiger partial charge in [-0.15, -0.1) is 0 Å². The van der Waals surface area contributed by atoms with E-state index >= 15 is 0 Å². The van der Waals surface area contributed by atoms with E-state index in [4.69, 9.17) is 14.1 Å². The molecule has 0 saturated carbocycles. The zero-order valence-corrected chi connectivity index (χ0v) is 18.7. The van der Waals surface area contributed by atoms with Crippen LogP contribution in [0.3, 0.4) is 0 Å². The molecular formula is C24H28N4O4. The fourth-order valence-corrected chi connectivity index (χ4v) is 4.75. The lowest BCUT2D eigenvalue weighted by Gasteiger charge is -2.36. The third-order valence-electron chi connectivity index (χ3n) is 6.25. The molecule has 8 nitrogen and oxygen atoms in total. The summed E-state index contributed by atoms with van der Waals surface area (Å²) in [4.78, 5) is 37.8. The van der Waals surface area contributed by atoms with Gasteiger partial charge < -0.3 is 14.1 Å². The van der Waals surface area contributed by atoms with Crippen LogP contribution in [0.25, 0.3) is 11.0 Å². The van der Waals surface area contributed by atoms with Crippen LogP contribution in [0.15, 0.2) is 38.5 Å². The molecule has 0 amide bonds. The molecule has 8 heteroatoms. The fourth-order valence-electron chi connectivity index (χ4n) is 4.75. The Bertz CT molecular complexity index is 1270. The van der Waals surface area contributed by atoms with Gasteiger partial charge in [0.05, 0.1) is 29.6 Å². The Morgan fingerprint density at radius 1 is 1.19 bits per heavy atom. The number of nitrogens with zero attached hydrogens (tertiary/aromatic N) is 3. The third-order valence-corrected chi connectivity index (χ3v) is 6.25. The predicted molar refractivity (Wildman–Crippen MR) is 122 cm³/mol. The number of ether oxygens (including phenoxy) is 1. The summed E-state index contributed by atoms with van der Waals surface area (Å²) in [6.45, 7) is 9.06. The van der Waals surface area contributed by atoms with Crippen molar-refractivity contribution in [1.82, 2.24) is 14.9 Å². The van der Waals surface area contributed by atoms with Gasteiger partial charge in [-0.2, -0.15) is 0 Å². The number of hydrogen-bond acceptors (Lipinski definition) is 7. The van der Waals surface area contributed by atoms with Crippen LogP contribution in [-0.4, -0.2) is 46.7 Å². The highest BCUT2D eigenvalue weighted by molar-refractivity contribution is 5.77. The maximum atomic E-state index is 13.0. The first-order valence-electron chi connectivity index (χ1n) is 11.1. The highest BCUT2D eigenvalue weighted by Crippen LogP contribution is 2.21. The van der Waals surface area contributed by atoms with Gasteiger partial charge in [0.25, 0.3) is 5.56 Å². The standard InChI is InChI=1S/C24H28N4O4/c1-14-4-5-21-19(8-14)22(29)17(13-31-21)11-27-7-6-18-20(12-27)25-24(26-23(18)30)28-9-15(2)32-16(3)10-28/h4-5,8,13,15-16H,6-7,9-12H2,1-3H3,(H,25,26,30). The minimum absolute atomic E-state index is 0.00315. The molecular weight excluding hydrogens is 408 g/mol. The van der Waals surface area contributed by atoms with Crippen molar-refractivity contribution < 1.29 is 9.15 Å². The van der Waals surface area contributed by atoms with Gasteiger partial charge in [0.2, 0.25) is 5.95 Å². The van der Waals surface area contributed by atoms with E-state index in [1.165, 1.54) is 0 Å². The lowest BCUT2D eigenvalue weighted by atomic mass is 10.1. The average molecular weight is 437 g/mol. The third kappa shape index (κ3) is 3.96. The quantitative estimate of drug-likeness (QED) is 0.674. The predicted octanol–water partition coefficient (Wildman–Crippen LogP) is 2.36. The Kier molecular flexibility index (Phi) is 5.35. The van der Waals surface area contributed by atoms with E-state index in [2.05, 4.69) is 14.8 Å². The minimum atomic E-state index is -0.0721. The van der Waals surface area contributed by atoms with E-state index in [9.17, 15) is 9.59 Å². The Morgan fingerprint density at radius 2 is 1.97 bits per heavy atom. The van der Waals surface area contributed by atoms with Gasteiger partial charge in [-0.25, -0.2) is 4.98 Å². The lowest BCUT2D eigenvalue weighted by molar-refractivity contribution is -0.00576. The molecule has 0 spiro atoms. The summed E-state index contributed by atoms with van der Waals surface area (Å²) in [7, 11) is 0. The molecule has 3 aromatic rings. The van der Waals surface area contributed by atoms with Gasteiger partial charge in [-0.3, -0.25) is 19.5 Å². The lowest BCUT2D eigenvalue weighted by Crippen LogP contribution is -2.47. The SMILES string of the molecule is Cc1ccc2occ(CN3CCc4c(nc(N5CC(C)OC(C)C5)[nH]c4=O)C3)c(=O)c2c1. The topological polar surface area (TPSA) is 91.7 Å². The molecule has 2 aromatic heterocycles. The summed E-state index contributed by atoms with van der Waals surface area (Å²) in [5, 5.41) is 0.604. The number of anilines is 1. The second-order valence-corrected chi connectivity index (χ2v) is 9.03. The summed E-state index contributed by atoms with van der Waals surface area (Å²) in [5.74, 6) is 0.596. The number of H-pyrrole nitrogens is 1. The first-order valence-corrected chi connectivity index (χ1v) is 11.1. The van der Waals surface area contributed by atoms with E-state index in [0.29, 0.717) is 61.6 Å². The Balaban J connectivity index is 1.40. The Morgan fingerprint density at radius 3 is 2.75 bits per heavy atom. The number of aryl methyl sites for hydroxylation is 1. The highest BCUT2D eigenvalue weighted by Gasteiger charge is 2.27. The number of aromatic nitrogens is 2. The van der Waals surface area contributed by atoms with Crippen molar-refractivity contribution >= 4 is 16.9 Å². The molecule has 168 valence electrons. The molecule has 0 radical (unpaired) electrons. The molecule has 1 N–H and O–H groups in total. The molecule has 2 unspecified atom stereocenters. The van der Waals surface area contributed by atoms with Crippen LogP contribution in [0.2, 0.25) is 0 Å². The molecule has 0 bridgehead atoms. The van der Waals surface area contributed by atoms with Crippen molar-refractivity contribution in [1.29, 1.82) is 0 Å². The minimum Gasteiger partial charge on any atom is -0.464 e. The average Bonchev–Trinajstić information content (AvgIpc) is 2.75. The number of rotatable bonds is 3. The number of hydrogen-bond donors (Lipinski definition) is 1. The molecule has 1 aromatic carbocycles. The van der Waals surface area contributed by atoms with Crippen LogP contribution < -0.4 is 15.9 Å². The smallest absolute Gasteiger partial charge is 0.255 e. The first kappa shape index (κ1) is 20.9. The first-order chi connectivity index (χ1) is 15.4. The summed E-state index contributed by atoms with van der Waals surface area (Å²) < 4.78 is 11.5. The summed E-state index contributed by atoms with van der Waals surface area (Å²) in [6, 6.07) is 5.63. The van der Waals surface area contributed by atoms with Gasteiger partial charge in [-0.1, -0.05) is 11.6 Å². The normalized spacial score (nSPS) is 21.7. The molecule has 2 aliphatic heterocycles. The maximum Gasteiger partial charge on any atom is 0.255 e. The summed E-state index contributed by atoms with van der Waals surface area (Å²) >= 11 is 0. The zero-order chi connectivity index (χ0) is 22.4.